The number of halogens is 4. The van der Waals surface area contributed by atoms with Gasteiger partial charge in [0.25, 0.3) is 0 Å². The summed E-state index contributed by atoms with van der Waals surface area (Å²) in [6.07, 6.45) is 10.6. The molecule has 6 heteroatoms. The van der Waals surface area contributed by atoms with Crippen molar-refractivity contribution in [3.05, 3.63) is 58.7 Å². The van der Waals surface area contributed by atoms with E-state index in [1.807, 2.05) is 0 Å². The van der Waals surface area contributed by atoms with Crippen molar-refractivity contribution in [2.75, 3.05) is 6.61 Å². The van der Waals surface area contributed by atoms with Gasteiger partial charge in [-0.2, -0.15) is 0 Å². The Kier molecular flexibility index (Phi) is 7.39. The normalized spacial score (nSPS) is 26.9. The van der Waals surface area contributed by atoms with Crippen molar-refractivity contribution < 1.29 is 22.3 Å². The lowest BCUT2D eigenvalue weighted by atomic mass is 9.63. The van der Waals surface area contributed by atoms with Crippen molar-refractivity contribution in [2.24, 2.45) is 22.7 Å². The second kappa shape index (κ2) is 10.4. The molecule has 200 valence electrons. The van der Waals surface area contributed by atoms with E-state index >= 15 is 8.78 Å². The summed E-state index contributed by atoms with van der Waals surface area (Å²) >= 11 is 0. The molecular weight excluding hydrogens is 478 g/mol. The van der Waals surface area contributed by atoms with E-state index in [1.165, 1.54) is 50.7 Å². The lowest BCUT2D eigenvalue weighted by molar-refractivity contribution is 0.113. The molecule has 5 rings (SSSR count). The first-order chi connectivity index (χ1) is 17.6. The van der Waals surface area contributed by atoms with E-state index in [1.54, 1.807) is 13.8 Å². The zero-order chi connectivity index (χ0) is 26.3. The summed E-state index contributed by atoms with van der Waals surface area (Å²) in [5, 5.41) is 0. The molecule has 3 aliphatic rings. The maximum absolute atomic E-state index is 15.3. The molecule has 4 atom stereocenters. The summed E-state index contributed by atoms with van der Waals surface area (Å²) in [7, 11) is 0. The first-order valence-electron chi connectivity index (χ1n) is 13.9. The van der Waals surface area contributed by atoms with Gasteiger partial charge in [0, 0.05) is 0 Å². The number of hydrogen-bond donors (Lipinski definition) is 0. The molecule has 0 amide bonds. The Morgan fingerprint density at radius 1 is 0.838 bits per heavy atom. The Morgan fingerprint density at radius 2 is 1.46 bits per heavy atom. The van der Waals surface area contributed by atoms with Gasteiger partial charge >= 0.3 is 0 Å². The molecule has 37 heavy (non-hydrogen) atoms. The van der Waals surface area contributed by atoms with Crippen molar-refractivity contribution in [3.8, 4) is 11.1 Å². The van der Waals surface area contributed by atoms with E-state index in [-0.39, 0.29) is 24.0 Å². The zero-order valence-corrected chi connectivity index (χ0v) is 22.1. The summed E-state index contributed by atoms with van der Waals surface area (Å²) in [6, 6.07) is 4.65. The third kappa shape index (κ3) is 5.44. The van der Waals surface area contributed by atoms with Crippen LogP contribution in [0.5, 0.6) is 0 Å². The maximum atomic E-state index is 15.3. The molecule has 0 spiro atoms. The van der Waals surface area contributed by atoms with E-state index in [0.29, 0.717) is 11.5 Å². The van der Waals surface area contributed by atoms with E-state index < -0.39 is 39.9 Å². The number of benzene rings is 2. The Labute approximate surface area is 217 Å². The van der Waals surface area contributed by atoms with Crippen molar-refractivity contribution in [2.45, 2.75) is 90.0 Å². The highest BCUT2D eigenvalue weighted by molar-refractivity contribution is 5.96. The number of rotatable bonds is 6. The number of nitrogens with zero attached hydrogens (tertiary/aromatic N) is 1. The van der Waals surface area contributed by atoms with Gasteiger partial charge in [-0.15, -0.1) is 0 Å². The summed E-state index contributed by atoms with van der Waals surface area (Å²) in [4.78, 5) is 4.23. The summed E-state index contributed by atoms with van der Waals surface area (Å²) in [5.74, 6) is -1.33. The standard InChI is InChI=1S/C31H37F4NO/c1-4-5-6-18-7-8-20-12-21(10-9-19(20)11-18)22-13-24(32)28(25(33)14-22)23-15-26(34)29(27(35)16-23)30-36-31(2,3)17-37-30/h13-16,18-21H,4-12,17H2,1-3H3/t18?,19-,20-,21-/m1/s1. The molecular formula is C31H37F4NO. The fraction of sp³-hybridized carbons (Fsp3) is 0.581. The van der Waals surface area contributed by atoms with Crippen LogP contribution in [-0.4, -0.2) is 18.0 Å². The van der Waals surface area contributed by atoms with E-state index in [2.05, 4.69) is 11.9 Å². The Bertz CT molecular complexity index is 1140. The number of hydrogen-bond acceptors (Lipinski definition) is 2. The van der Waals surface area contributed by atoms with Gasteiger partial charge in [-0.3, -0.25) is 0 Å². The minimum atomic E-state index is -0.956. The molecule has 0 bridgehead atoms. The average Bonchev–Trinajstić information content (AvgIpc) is 3.20. The molecule has 1 aliphatic heterocycles. The molecule has 1 heterocycles. The molecule has 0 N–H and O–H groups in total. The molecule has 0 saturated heterocycles. The van der Waals surface area contributed by atoms with Crippen LogP contribution in [0.25, 0.3) is 11.1 Å². The van der Waals surface area contributed by atoms with Gasteiger partial charge in [0.2, 0.25) is 5.90 Å². The van der Waals surface area contributed by atoms with Gasteiger partial charge in [0.1, 0.15) is 35.4 Å². The Balaban J connectivity index is 1.34. The van der Waals surface area contributed by atoms with Gasteiger partial charge in [-0.25, -0.2) is 22.6 Å². The van der Waals surface area contributed by atoms with Gasteiger partial charge in [0.15, 0.2) is 0 Å². The minimum Gasteiger partial charge on any atom is -0.475 e. The summed E-state index contributed by atoms with van der Waals surface area (Å²) < 4.78 is 65.8. The Hall–Kier alpha value is -2.37. The summed E-state index contributed by atoms with van der Waals surface area (Å²) in [5.41, 5.74) is -0.930. The predicted octanol–water partition coefficient (Wildman–Crippen LogP) is 8.96. The van der Waals surface area contributed by atoms with Gasteiger partial charge in [-0.1, -0.05) is 32.6 Å². The number of ether oxygens (including phenoxy) is 1. The van der Waals surface area contributed by atoms with Crippen LogP contribution in [0.4, 0.5) is 17.6 Å². The van der Waals surface area contributed by atoms with Crippen LogP contribution in [0.3, 0.4) is 0 Å². The summed E-state index contributed by atoms with van der Waals surface area (Å²) in [6.45, 7) is 6.03. The first kappa shape index (κ1) is 26.2. The highest BCUT2D eigenvalue weighted by atomic mass is 19.1. The number of unbranched alkanes of at least 4 members (excludes halogenated alkanes) is 1. The number of fused-ring (bicyclic) bond motifs is 1. The van der Waals surface area contributed by atoms with Crippen molar-refractivity contribution in [1.82, 2.24) is 0 Å². The smallest absolute Gasteiger partial charge is 0.222 e. The van der Waals surface area contributed by atoms with Gasteiger partial charge < -0.3 is 4.74 Å². The van der Waals surface area contributed by atoms with Crippen LogP contribution in [-0.2, 0) is 4.74 Å². The van der Waals surface area contributed by atoms with Gasteiger partial charge in [0.05, 0.1) is 11.1 Å². The fourth-order valence-electron chi connectivity index (χ4n) is 6.78. The molecule has 2 aliphatic carbocycles. The fourth-order valence-corrected chi connectivity index (χ4v) is 6.78. The molecule has 2 aromatic rings. The zero-order valence-electron chi connectivity index (χ0n) is 22.1. The van der Waals surface area contributed by atoms with Crippen LogP contribution in [0.2, 0.25) is 0 Å². The SMILES string of the molecule is CCCCC1CC[C@@H]2C[C@H](c3cc(F)c(-c4cc(F)c(C5=NC(C)(C)CO5)c(F)c4)c(F)c3)CC[C@@H]2C1. The van der Waals surface area contributed by atoms with Crippen LogP contribution in [0.15, 0.2) is 29.3 Å². The highest BCUT2D eigenvalue weighted by Crippen LogP contribution is 2.49. The number of aliphatic imine (C=N–C) groups is 1. The van der Waals surface area contributed by atoms with Crippen LogP contribution < -0.4 is 0 Å². The molecule has 2 saturated carbocycles. The topological polar surface area (TPSA) is 21.6 Å². The van der Waals surface area contributed by atoms with E-state index in [4.69, 9.17) is 4.74 Å². The predicted molar refractivity (Wildman–Crippen MR) is 139 cm³/mol. The minimum absolute atomic E-state index is 0.114. The first-order valence-corrected chi connectivity index (χ1v) is 13.9. The molecule has 2 fully saturated rings. The quantitative estimate of drug-likeness (QED) is 0.352. The second-order valence-electron chi connectivity index (χ2n) is 12.0. The van der Waals surface area contributed by atoms with Crippen LogP contribution >= 0.6 is 0 Å². The second-order valence-corrected chi connectivity index (χ2v) is 12.0. The third-order valence-electron chi connectivity index (χ3n) is 8.73. The molecule has 1 unspecified atom stereocenters. The lowest BCUT2D eigenvalue weighted by Crippen LogP contribution is -2.30. The average molecular weight is 516 g/mol. The molecule has 0 radical (unpaired) electrons. The monoisotopic (exact) mass is 515 g/mol. The lowest BCUT2D eigenvalue weighted by Gasteiger charge is -2.42. The van der Waals surface area contributed by atoms with Gasteiger partial charge in [-0.05, 0) is 105 Å². The van der Waals surface area contributed by atoms with E-state index in [9.17, 15) is 8.78 Å². The maximum Gasteiger partial charge on any atom is 0.222 e. The van der Waals surface area contributed by atoms with Crippen LogP contribution in [0.1, 0.15) is 95.6 Å². The van der Waals surface area contributed by atoms with Crippen molar-refractivity contribution in [3.63, 3.8) is 0 Å². The Morgan fingerprint density at radius 3 is 2.08 bits per heavy atom. The molecule has 2 aromatic carbocycles. The third-order valence-corrected chi connectivity index (χ3v) is 8.73. The largest absolute Gasteiger partial charge is 0.475 e. The highest BCUT2D eigenvalue weighted by Gasteiger charge is 2.36. The van der Waals surface area contributed by atoms with Crippen molar-refractivity contribution in [1.29, 1.82) is 0 Å². The van der Waals surface area contributed by atoms with Crippen LogP contribution in [0, 0.1) is 41.0 Å². The van der Waals surface area contributed by atoms with E-state index in [0.717, 1.165) is 43.2 Å². The molecule has 2 nitrogen and oxygen atoms in total. The molecule has 0 aromatic heterocycles. The van der Waals surface area contributed by atoms with Crippen molar-refractivity contribution >= 4 is 5.90 Å².